The molecule has 0 atom stereocenters. The normalized spacial score (nSPS) is 10.6. The van der Waals surface area contributed by atoms with Gasteiger partial charge in [0.1, 0.15) is 5.75 Å². The van der Waals surface area contributed by atoms with E-state index in [1.807, 2.05) is 42.5 Å². The minimum absolute atomic E-state index is 0.254. The number of carbonyl (C=O) groups excluding carboxylic acids is 2. The molecule has 7 nitrogen and oxygen atoms in total. The van der Waals surface area contributed by atoms with Crippen LogP contribution in [0, 0.1) is 0 Å². The van der Waals surface area contributed by atoms with Crippen LogP contribution in [-0.4, -0.2) is 25.2 Å². The summed E-state index contributed by atoms with van der Waals surface area (Å²) < 4.78 is 8.10. The second kappa shape index (κ2) is 11.5. The third kappa shape index (κ3) is 6.24. The van der Waals surface area contributed by atoms with Gasteiger partial charge in [-0.15, -0.1) is 0 Å². The van der Waals surface area contributed by atoms with Gasteiger partial charge in [-0.1, -0.05) is 62.0 Å². The zero-order valence-electron chi connectivity index (χ0n) is 17.5. The number of fused-ring (bicyclic) bond motifs is 1. The van der Waals surface area contributed by atoms with Gasteiger partial charge in [0.25, 0.3) is 0 Å². The Morgan fingerprint density at radius 2 is 1.59 bits per heavy atom. The number of benzene rings is 3. The average molecular weight is 471 g/mol. The smallest absolute Gasteiger partial charge is 0.331 e. The average Bonchev–Trinajstić information content (AvgIpc) is 2.82. The Morgan fingerprint density at radius 1 is 0.875 bits per heavy atom. The molecule has 3 aromatic carbocycles. The Bertz CT molecular complexity index is 1060. The van der Waals surface area contributed by atoms with Gasteiger partial charge < -0.3 is 15.8 Å². The molecule has 0 saturated heterocycles. The first-order chi connectivity index (χ1) is 15.5. The monoisotopic (exact) mass is 470 g/mol. The van der Waals surface area contributed by atoms with Crippen molar-refractivity contribution in [1.29, 1.82) is 0 Å². The van der Waals surface area contributed by atoms with E-state index in [4.69, 9.17) is 10.5 Å². The van der Waals surface area contributed by atoms with Crippen LogP contribution < -0.4 is 24.4 Å². The van der Waals surface area contributed by atoms with Gasteiger partial charge in [-0.3, -0.25) is 0 Å². The molecule has 0 aliphatic heterocycles. The third-order valence-corrected chi connectivity index (χ3v) is 5.67. The maximum Gasteiger partial charge on any atom is 0.331 e. The molecule has 3 rings (SSSR count). The minimum Gasteiger partial charge on any atom is -0.494 e. The van der Waals surface area contributed by atoms with E-state index in [1.54, 1.807) is 24.3 Å². The number of rotatable bonds is 9. The molecule has 0 radical (unpaired) electrons. The van der Waals surface area contributed by atoms with Crippen LogP contribution in [0.4, 0.5) is 21.0 Å². The van der Waals surface area contributed by atoms with Crippen LogP contribution in [0.2, 0.25) is 0 Å². The molecule has 0 spiro atoms. The third-order valence-electron chi connectivity index (χ3n) is 4.84. The molecule has 32 heavy (non-hydrogen) atoms. The van der Waals surface area contributed by atoms with E-state index in [0.29, 0.717) is 24.6 Å². The number of anilines is 2. The zero-order valence-corrected chi connectivity index (χ0v) is 19.3. The molecule has 9 heteroatoms. The van der Waals surface area contributed by atoms with Crippen molar-refractivity contribution in [3.63, 3.8) is 0 Å². The minimum atomic E-state index is -0.646. The number of ether oxygens (including phenoxy) is 1. The molecule has 3 N–H and O–H groups in total. The first-order valence-corrected chi connectivity index (χ1v) is 11.0. The summed E-state index contributed by atoms with van der Waals surface area (Å²) in [6.07, 6.45) is 2.59. The van der Waals surface area contributed by atoms with E-state index in [2.05, 4.69) is 30.9 Å². The lowest BCUT2D eigenvalue weighted by molar-refractivity contribution is 0.249. The SMILES string of the molecule is NC(=O)N(S)c1ccc(OCCCCCNC(=O)N(S)c2cccc3ccccc23)cc1. The summed E-state index contributed by atoms with van der Waals surface area (Å²) in [5.41, 5.74) is 6.50. The first kappa shape index (κ1) is 23.6. The topological polar surface area (TPSA) is 87.9 Å². The number of unbranched alkanes of at least 4 members (excludes halogenated alkanes) is 2. The predicted octanol–water partition coefficient (Wildman–Crippen LogP) is 5.18. The molecule has 0 saturated carbocycles. The summed E-state index contributed by atoms with van der Waals surface area (Å²) in [6.45, 7) is 1.11. The number of nitrogens with one attached hydrogen (secondary N) is 1. The van der Waals surface area contributed by atoms with E-state index in [-0.39, 0.29) is 6.03 Å². The predicted molar refractivity (Wildman–Crippen MR) is 136 cm³/mol. The van der Waals surface area contributed by atoms with Gasteiger partial charge in [-0.2, -0.15) is 0 Å². The van der Waals surface area contributed by atoms with Crippen LogP contribution in [0.15, 0.2) is 66.7 Å². The highest BCUT2D eigenvalue weighted by Gasteiger charge is 2.14. The lowest BCUT2D eigenvalue weighted by atomic mass is 10.1. The van der Waals surface area contributed by atoms with E-state index in [9.17, 15) is 9.59 Å². The van der Waals surface area contributed by atoms with Crippen molar-refractivity contribution in [2.45, 2.75) is 19.3 Å². The number of nitrogens with zero attached hydrogens (tertiary/aromatic N) is 2. The summed E-state index contributed by atoms with van der Waals surface area (Å²) in [7, 11) is 0. The van der Waals surface area contributed by atoms with Crippen LogP contribution >= 0.6 is 25.6 Å². The molecule has 4 amide bonds. The quantitative estimate of drug-likeness (QED) is 0.257. The number of primary amides is 1. The van der Waals surface area contributed by atoms with Crippen molar-refractivity contribution in [3.05, 3.63) is 66.7 Å². The molecule has 0 heterocycles. The van der Waals surface area contributed by atoms with Gasteiger partial charge in [0.15, 0.2) is 0 Å². The molecule has 0 aromatic heterocycles. The molecule has 3 aromatic rings. The van der Waals surface area contributed by atoms with Gasteiger partial charge in [0, 0.05) is 11.9 Å². The van der Waals surface area contributed by atoms with Crippen LogP contribution in [0.1, 0.15) is 19.3 Å². The number of hydrogen-bond donors (Lipinski definition) is 4. The molecule has 0 unspecified atom stereocenters. The Balaban J connectivity index is 1.35. The van der Waals surface area contributed by atoms with E-state index < -0.39 is 6.03 Å². The highest BCUT2D eigenvalue weighted by atomic mass is 32.1. The molecule has 0 fully saturated rings. The van der Waals surface area contributed by atoms with Crippen molar-refractivity contribution in [2.24, 2.45) is 5.73 Å². The highest BCUT2D eigenvalue weighted by molar-refractivity contribution is 7.82. The molecular formula is C23H26N4O3S2. The van der Waals surface area contributed by atoms with Crippen LogP contribution in [0.3, 0.4) is 0 Å². The van der Waals surface area contributed by atoms with Crippen molar-refractivity contribution in [1.82, 2.24) is 5.32 Å². The Morgan fingerprint density at radius 3 is 2.34 bits per heavy atom. The fourth-order valence-electron chi connectivity index (χ4n) is 3.18. The van der Waals surface area contributed by atoms with Crippen LogP contribution in [0.25, 0.3) is 10.8 Å². The molecule has 0 aliphatic carbocycles. The lowest BCUT2D eigenvalue weighted by Gasteiger charge is -2.18. The Hall–Kier alpha value is -3.04. The van der Waals surface area contributed by atoms with E-state index in [1.165, 1.54) is 4.31 Å². The molecule has 0 bridgehead atoms. The van der Waals surface area contributed by atoms with Crippen LogP contribution in [-0.2, 0) is 0 Å². The Kier molecular flexibility index (Phi) is 8.52. The van der Waals surface area contributed by atoms with Crippen molar-refractivity contribution in [3.8, 4) is 5.75 Å². The number of nitrogens with two attached hydrogens (primary N) is 1. The molecule has 168 valence electrons. The summed E-state index contributed by atoms with van der Waals surface area (Å²) in [6, 6.07) is 19.7. The largest absolute Gasteiger partial charge is 0.494 e. The van der Waals surface area contributed by atoms with Gasteiger partial charge in [0.2, 0.25) is 0 Å². The second-order valence-electron chi connectivity index (χ2n) is 7.10. The fourth-order valence-corrected chi connectivity index (χ4v) is 3.56. The summed E-state index contributed by atoms with van der Waals surface area (Å²) in [4.78, 5) is 23.5. The van der Waals surface area contributed by atoms with Crippen LogP contribution in [0.5, 0.6) is 5.75 Å². The number of thiol groups is 2. The number of urea groups is 2. The zero-order chi connectivity index (χ0) is 22.9. The highest BCUT2D eigenvalue weighted by Crippen LogP contribution is 2.27. The lowest BCUT2D eigenvalue weighted by Crippen LogP contribution is -2.34. The summed E-state index contributed by atoms with van der Waals surface area (Å²) >= 11 is 8.40. The second-order valence-corrected chi connectivity index (χ2v) is 7.90. The van der Waals surface area contributed by atoms with Gasteiger partial charge in [-0.05, 0) is 55.0 Å². The van der Waals surface area contributed by atoms with Crippen molar-refractivity contribution in [2.75, 3.05) is 21.8 Å². The molecular weight excluding hydrogens is 444 g/mol. The number of hydrogen-bond acceptors (Lipinski definition) is 5. The Labute approximate surface area is 198 Å². The van der Waals surface area contributed by atoms with Gasteiger partial charge in [0.05, 0.1) is 18.0 Å². The first-order valence-electron chi connectivity index (χ1n) is 10.2. The summed E-state index contributed by atoms with van der Waals surface area (Å²) in [5.74, 6) is 0.703. The van der Waals surface area contributed by atoms with Crippen molar-refractivity contribution < 1.29 is 14.3 Å². The van der Waals surface area contributed by atoms with E-state index >= 15 is 0 Å². The molecule has 0 aliphatic rings. The standard InChI is InChI=1S/C23H26N4O3S2/c24-22(28)26(31)18-11-13-19(14-12-18)30-16-5-1-4-15-25-23(29)27(32)21-10-6-8-17-7-2-3-9-20(17)21/h2-3,6-14,31-32H,1,4-5,15-16H2,(H2,24,28)(H,25,29). The number of amides is 4. The van der Waals surface area contributed by atoms with Gasteiger partial charge in [-0.25, -0.2) is 18.2 Å². The summed E-state index contributed by atoms with van der Waals surface area (Å²) in [5, 5.41) is 4.93. The maximum absolute atomic E-state index is 12.5. The number of carbonyl (C=O) groups is 2. The fraction of sp³-hybridized carbons (Fsp3) is 0.217. The van der Waals surface area contributed by atoms with E-state index in [0.717, 1.165) is 40.0 Å². The van der Waals surface area contributed by atoms with Gasteiger partial charge >= 0.3 is 12.1 Å². The maximum atomic E-state index is 12.5. The van der Waals surface area contributed by atoms with Crippen molar-refractivity contribution >= 4 is 59.8 Å².